The number of amides is 2. The van der Waals surface area contributed by atoms with E-state index in [1.807, 2.05) is 0 Å². The summed E-state index contributed by atoms with van der Waals surface area (Å²) >= 11 is 0. The molecule has 0 bridgehead atoms. The van der Waals surface area contributed by atoms with Crippen molar-refractivity contribution >= 4 is 34.0 Å². The van der Waals surface area contributed by atoms with E-state index in [1.165, 1.54) is 18.1 Å². The predicted octanol–water partition coefficient (Wildman–Crippen LogP) is 3.14. The van der Waals surface area contributed by atoms with Gasteiger partial charge in [0.25, 0.3) is 5.56 Å². The molecule has 0 aliphatic carbocycles. The number of methoxy groups -OCH3 is 1. The van der Waals surface area contributed by atoms with Crippen LogP contribution >= 0.6 is 0 Å². The fraction of sp³-hybridized carbons (Fsp3) is 0.407. The summed E-state index contributed by atoms with van der Waals surface area (Å²) in [5.41, 5.74) is 1.74. The molecule has 0 atom stereocenters. The number of nitrogens with one attached hydrogen (secondary N) is 2. The number of carbonyl (C=O) groups is 1. The quantitative estimate of drug-likeness (QED) is 0.225. The van der Waals surface area contributed by atoms with Crippen LogP contribution in [0.4, 0.5) is 16.2 Å². The lowest BCUT2D eigenvalue weighted by Crippen LogP contribution is -2.43. The van der Waals surface area contributed by atoms with Gasteiger partial charge in [0.1, 0.15) is 0 Å². The molecule has 3 aromatic rings. The highest BCUT2D eigenvalue weighted by Crippen LogP contribution is 2.18. The third-order valence-corrected chi connectivity index (χ3v) is 6.78. The number of benzene rings is 2. The number of aromatic nitrogens is 2. The van der Waals surface area contributed by atoms with Crippen LogP contribution < -0.4 is 21.9 Å². The van der Waals surface area contributed by atoms with E-state index >= 15 is 0 Å². The van der Waals surface area contributed by atoms with Gasteiger partial charge in [-0.05, 0) is 63.2 Å². The molecule has 2 heterocycles. The highest BCUT2D eigenvalue weighted by molar-refractivity contribution is 6.03. The second kappa shape index (κ2) is 12.5. The molecule has 0 spiro atoms. The van der Waals surface area contributed by atoms with E-state index in [9.17, 15) is 14.4 Å². The smallest absolute Gasteiger partial charge is 0.331 e. The van der Waals surface area contributed by atoms with Crippen molar-refractivity contribution in [3.05, 3.63) is 68.9 Å². The number of piperidine rings is 1. The van der Waals surface area contributed by atoms with Gasteiger partial charge in [0, 0.05) is 37.1 Å². The number of likely N-dealkylation sites (tertiary alicyclic amines) is 1. The highest BCUT2D eigenvalue weighted by atomic mass is 16.5. The molecule has 38 heavy (non-hydrogen) atoms. The number of hydrogen-bond acceptors (Lipinski definition) is 7. The minimum atomic E-state index is -0.502. The third kappa shape index (κ3) is 6.29. The molecule has 11 nitrogen and oxygen atoms in total. The summed E-state index contributed by atoms with van der Waals surface area (Å²) in [6.07, 6.45) is 3.53. The van der Waals surface area contributed by atoms with Crippen molar-refractivity contribution in [3.8, 4) is 0 Å². The number of ether oxygens (including phenoxy) is 1. The Bertz CT molecular complexity index is 1440. The van der Waals surface area contributed by atoms with Crippen molar-refractivity contribution < 1.29 is 14.7 Å². The molecule has 11 heteroatoms. The molecule has 1 fully saturated rings. The minimum absolute atomic E-state index is 0.138. The van der Waals surface area contributed by atoms with Crippen molar-refractivity contribution in [1.82, 2.24) is 14.0 Å². The van der Waals surface area contributed by atoms with Crippen molar-refractivity contribution in [2.75, 3.05) is 44.0 Å². The zero-order valence-corrected chi connectivity index (χ0v) is 21.8. The van der Waals surface area contributed by atoms with Gasteiger partial charge in [0.2, 0.25) is 0 Å². The van der Waals surface area contributed by atoms with Crippen LogP contribution in [0.3, 0.4) is 0 Å². The summed E-state index contributed by atoms with van der Waals surface area (Å²) in [6.45, 7) is 5.22. The number of nitrogens with zero attached hydrogens (tertiary/aromatic N) is 4. The summed E-state index contributed by atoms with van der Waals surface area (Å²) in [5.74, 6) is 0. The van der Waals surface area contributed by atoms with Crippen LogP contribution in [0, 0.1) is 0 Å². The Balaban J connectivity index is 1.61. The van der Waals surface area contributed by atoms with E-state index in [2.05, 4.69) is 20.7 Å². The Morgan fingerprint density at radius 1 is 0.974 bits per heavy atom. The van der Waals surface area contributed by atoms with Crippen LogP contribution in [0.15, 0.2) is 57.2 Å². The Labute approximate surface area is 220 Å². The first-order chi connectivity index (χ1) is 18.4. The number of urea groups is 1. The molecular weight excluding hydrogens is 488 g/mol. The first-order valence-corrected chi connectivity index (χ1v) is 12.8. The Hall–Kier alpha value is -3.96. The fourth-order valence-electron chi connectivity index (χ4n) is 4.69. The first kappa shape index (κ1) is 27.1. The second-order valence-electron chi connectivity index (χ2n) is 9.36. The molecule has 202 valence electrons. The van der Waals surface area contributed by atoms with Crippen LogP contribution in [-0.2, 0) is 17.8 Å². The summed E-state index contributed by atoms with van der Waals surface area (Å²) < 4.78 is 7.96. The van der Waals surface area contributed by atoms with E-state index < -0.39 is 11.6 Å². The number of hydrogen-bond donors (Lipinski definition) is 3. The largest absolute Gasteiger partial charge is 0.411 e. The molecule has 1 aromatic heterocycles. The maximum Gasteiger partial charge on any atom is 0.331 e. The third-order valence-electron chi connectivity index (χ3n) is 6.78. The summed E-state index contributed by atoms with van der Waals surface area (Å²) in [6, 6.07) is 11.4. The van der Waals surface area contributed by atoms with Crippen LogP contribution in [0.2, 0.25) is 0 Å². The molecule has 0 radical (unpaired) electrons. The average molecular weight is 523 g/mol. The van der Waals surface area contributed by atoms with Crippen LogP contribution in [0.5, 0.6) is 0 Å². The predicted molar refractivity (Wildman–Crippen MR) is 148 cm³/mol. The number of carbonyl (C=O) groups excluding carboxylic acids is 1. The summed E-state index contributed by atoms with van der Waals surface area (Å²) in [5, 5.41) is 18.0. The maximum atomic E-state index is 13.3. The summed E-state index contributed by atoms with van der Waals surface area (Å²) in [4.78, 5) is 41.6. The Morgan fingerprint density at radius 3 is 2.42 bits per heavy atom. The van der Waals surface area contributed by atoms with E-state index in [-0.39, 0.29) is 18.8 Å². The SMILES string of the molecule is COCCn1c(=O)c2cc(NC(=O)Nc3cccc(/C(C)=N\O)c3)ccc2n(CCN2CCCCC2)c1=O. The molecule has 3 N–H and O–H groups in total. The van der Waals surface area contributed by atoms with E-state index in [4.69, 9.17) is 9.94 Å². The molecule has 0 unspecified atom stereocenters. The van der Waals surface area contributed by atoms with Crippen LogP contribution in [-0.4, -0.2) is 64.3 Å². The molecular formula is C27H34N6O5. The van der Waals surface area contributed by atoms with Crippen molar-refractivity contribution in [1.29, 1.82) is 0 Å². The molecule has 1 aliphatic heterocycles. The molecule has 2 amide bonds. The number of anilines is 2. The Morgan fingerprint density at radius 2 is 1.71 bits per heavy atom. The monoisotopic (exact) mass is 522 g/mol. The molecule has 1 aliphatic rings. The van der Waals surface area contributed by atoms with E-state index in [0.29, 0.717) is 40.1 Å². The van der Waals surface area contributed by atoms with Gasteiger partial charge >= 0.3 is 11.7 Å². The van der Waals surface area contributed by atoms with Gasteiger partial charge in [-0.15, -0.1) is 0 Å². The first-order valence-electron chi connectivity index (χ1n) is 12.8. The standard InChI is InChI=1S/C27H34N6O5/c1-19(30-37)20-7-6-8-21(17-20)28-26(35)29-22-9-10-24-23(18-22)25(34)33(15-16-38-2)27(36)32(24)14-13-31-11-4-3-5-12-31/h6-10,17-18,37H,3-5,11-16H2,1-2H3,(H2,28,29,35)/b30-19-. The normalized spacial score (nSPS) is 14.5. The Kier molecular flexibility index (Phi) is 8.93. The zero-order chi connectivity index (χ0) is 27.1. The van der Waals surface area contributed by atoms with Gasteiger partial charge in [0.15, 0.2) is 0 Å². The topological polar surface area (TPSA) is 130 Å². The van der Waals surface area contributed by atoms with Gasteiger partial charge in [-0.2, -0.15) is 0 Å². The minimum Gasteiger partial charge on any atom is -0.411 e. The fourth-order valence-corrected chi connectivity index (χ4v) is 4.69. The van der Waals surface area contributed by atoms with Crippen LogP contribution in [0.25, 0.3) is 10.9 Å². The van der Waals surface area contributed by atoms with Gasteiger partial charge < -0.3 is 25.5 Å². The maximum absolute atomic E-state index is 13.3. The molecule has 4 rings (SSSR count). The van der Waals surface area contributed by atoms with Gasteiger partial charge in [-0.25, -0.2) is 9.59 Å². The number of oxime groups is 1. The number of fused-ring (bicyclic) bond motifs is 1. The van der Waals surface area contributed by atoms with Crippen molar-refractivity contribution in [2.45, 2.75) is 39.3 Å². The van der Waals surface area contributed by atoms with Gasteiger partial charge in [-0.3, -0.25) is 13.9 Å². The lowest BCUT2D eigenvalue weighted by atomic mass is 10.1. The molecule has 1 saturated heterocycles. The average Bonchev–Trinajstić information content (AvgIpc) is 2.93. The van der Waals surface area contributed by atoms with Crippen molar-refractivity contribution in [3.63, 3.8) is 0 Å². The summed E-state index contributed by atoms with van der Waals surface area (Å²) in [7, 11) is 1.52. The molecule has 2 aromatic carbocycles. The van der Waals surface area contributed by atoms with E-state index in [0.717, 1.165) is 32.5 Å². The van der Waals surface area contributed by atoms with Crippen molar-refractivity contribution in [2.24, 2.45) is 5.16 Å². The highest BCUT2D eigenvalue weighted by Gasteiger charge is 2.16. The number of rotatable bonds is 9. The lowest BCUT2D eigenvalue weighted by molar-refractivity contribution is 0.183. The van der Waals surface area contributed by atoms with E-state index in [1.54, 1.807) is 54.0 Å². The zero-order valence-electron chi connectivity index (χ0n) is 21.8. The second-order valence-corrected chi connectivity index (χ2v) is 9.36. The van der Waals surface area contributed by atoms with Gasteiger partial charge in [-0.1, -0.05) is 23.7 Å². The van der Waals surface area contributed by atoms with Crippen LogP contribution in [0.1, 0.15) is 31.7 Å². The lowest BCUT2D eigenvalue weighted by Gasteiger charge is -2.27. The van der Waals surface area contributed by atoms with Gasteiger partial charge in [0.05, 0.1) is 29.8 Å². The molecule has 0 saturated carbocycles.